The first-order chi connectivity index (χ1) is 19.1. The molecule has 5 heteroatoms. The molecular weight excluding hydrogens is 490 g/mol. The van der Waals surface area contributed by atoms with Crippen molar-refractivity contribution in [2.45, 2.75) is 110 Å². The van der Waals surface area contributed by atoms with Gasteiger partial charge in [0.1, 0.15) is 0 Å². The Morgan fingerprint density at radius 3 is 2.21 bits per heavy atom. The number of unbranched alkanes of at least 4 members (excludes halogenated alkanes) is 2. The van der Waals surface area contributed by atoms with Crippen LogP contribution in [0.4, 0.5) is 8.78 Å². The number of hydrogen-bond donors (Lipinski definition) is 0. The van der Waals surface area contributed by atoms with Crippen LogP contribution in [0.15, 0.2) is 36.7 Å². The largest absolute Gasteiger partial charge is 0.490 e. The summed E-state index contributed by atoms with van der Waals surface area (Å²) >= 11 is 0. The minimum absolute atomic E-state index is 0.0541. The Labute approximate surface area is 234 Å². The smallest absolute Gasteiger partial charge is 0.201 e. The number of allylic oxidation sites excluding steroid dienone is 2. The zero-order valence-corrected chi connectivity index (χ0v) is 24.1. The highest BCUT2D eigenvalue weighted by Gasteiger charge is 2.30. The van der Waals surface area contributed by atoms with Gasteiger partial charge in [-0.25, -0.2) is 14.4 Å². The lowest BCUT2D eigenvalue weighted by atomic mass is 9.68. The van der Waals surface area contributed by atoms with E-state index in [2.05, 4.69) is 29.0 Å². The third-order valence-corrected chi connectivity index (χ3v) is 9.05. The third-order valence-electron chi connectivity index (χ3n) is 9.05. The summed E-state index contributed by atoms with van der Waals surface area (Å²) in [6.45, 7) is 4.56. The molecule has 0 amide bonds. The predicted molar refractivity (Wildman–Crippen MR) is 156 cm³/mol. The van der Waals surface area contributed by atoms with Crippen molar-refractivity contribution in [3.63, 3.8) is 0 Å². The second kappa shape index (κ2) is 15.5. The van der Waals surface area contributed by atoms with Gasteiger partial charge in [0, 0.05) is 12.4 Å². The van der Waals surface area contributed by atoms with E-state index in [4.69, 9.17) is 4.74 Å². The lowest BCUT2D eigenvalue weighted by molar-refractivity contribution is 0.151. The maximum Gasteiger partial charge on any atom is 0.201 e. The Kier molecular flexibility index (Phi) is 11.8. The van der Waals surface area contributed by atoms with Crippen molar-refractivity contribution in [2.24, 2.45) is 23.7 Å². The molecule has 0 atom stereocenters. The fourth-order valence-corrected chi connectivity index (χ4v) is 6.63. The lowest BCUT2D eigenvalue weighted by Crippen LogP contribution is -2.25. The van der Waals surface area contributed by atoms with E-state index in [0.29, 0.717) is 12.5 Å². The van der Waals surface area contributed by atoms with Crippen molar-refractivity contribution in [3.8, 4) is 17.1 Å². The highest BCUT2D eigenvalue weighted by Crippen LogP contribution is 2.42. The van der Waals surface area contributed by atoms with Crippen molar-refractivity contribution in [2.75, 3.05) is 6.61 Å². The van der Waals surface area contributed by atoms with E-state index in [0.717, 1.165) is 42.6 Å². The molecular formula is C34H48F2N2O. The Hall–Kier alpha value is -2.30. The van der Waals surface area contributed by atoms with Gasteiger partial charge in [-0.3, -0.25) is 0 Å². The summed E-state index contributed by atoms with van der Waals surface area (Å²) in [5, 5.41) is 0. The fraction of sp³-hybridized carbons (Fsp3) is 0.647. The van der Waals surface area contributed by atoms with Crippen LogP contribution in [0, 0.1) is 35.3 Å². The number of nitrogens with zero attached hydrogens (tertiary/aromatic N) is 2. The molecule has 0 bridgehead atoms. The topological polar surface area (TPSA) is 35.0 Å². The average Bonchev–Trinajstić information content (AvgIpc) is 2.97. The summed E-state index contributed by atoms with van der Waals surface area (Å²) in [6.07, 6.45) is 27.7. The summed E-state index contributed by atoms with van der Waals surface area (Å²) in [6, 6.07) is 2.93. The molecule has 1 aromatic heterocycles. The molecule has 0 radical (unpaired) electrons. The summed E-state index contributed by atoms with van der Waals surface area (Å²) in [5.41, 5.74) is 1.06. The highest BCUT2D eigenvalue weighted by atomic mass is 19.2. The normalized spacial score (nSPS) is 23.8. The van der Waals surface area contributed by atoms with E-state index >= 15 is 0 Å². The van der Waals surface area contributed by atoms with Gasteiger partial charge in [0.15, 0.2) is 17.4 Å². The lowest BCUT2D eigenvalue weighted by Gasteiger charge is -2.37. The van der Waals surface area contributed by atoms with Crippen LogP contribution in [0.5, 0.6) is 5.75 Å². The SMILES string of the molecule is CCCCCC1CCC(C2CCC(/C=C/CCc3cnc(-c4ccc(OCCC)c(F)c4F)nc3)CC2)CC1. The fourth-order valence-electron chi connectivity index (χ4n) is 6.63. The van der Waals surface area contributed by atoms with E-state index < -0.39 is 11.6 Å². The Bertz CT molecular complexity index is 1020. The number of rotatable bonds is 13. The molecule has 39 heavy (non-hydrogen) atoms. The molecule has 2 aliphatic carbocycles. The first-order valence-electron chi connectivity index (χ1n) is 15.7. The van der Waals surface area contributed by atoms with Gasteiger partial charge < -0.3 is 4.74 Å². The van der Waals surface area contributed by atoms with Crippen LogP contribution in [-0.4, -0.2) is 16.6 Å². The van der Waals surface area contributed by atoms with Crippen LogP contribution in [0.25, 0.3) is 11.4 Å². The summed E-state index contributed by atoms with van der Waals surface area (Å²) in [7, 11) is 0. The Morgan fingerprint density at radius 1 is 0.846 bits per heavy atom. The van der Waals surface area contributed by atoms with Gasteiger partial charge in [-0.15, -0.1) is 0 Å². The molecule has 3 nitrogen and oxygen atoms in total. The van der Waals surface area contributed by atoms with Crippen LogP contribution in [0.1, 0.15) is 109 Å². The number of hydrogen-bond acceptors (Lipinski definition) is 3. The molecule has 2 saturated carbocycles. The van der Waals surface area contributed by atoms with Crippen molar-refractivity contribution in [1.29, 1.82) is 0 Å². The third kappa shape index (κ3) is 8.59. The molecule has 4 rings (SSSR count). The molecule has 2 aliphatic rings. The Morgan fingerprint density at radius 2 is 1.54 bits per heavy atom. The number of benzene rings is 1. The molecule has 1 aromatic carbocycles. The zero-order valence-electron chi connectivity index (χ0n) is 24.1. The monoisotopic (exact) mass is 538 g/mol. The summed E-state index contributed by atoms with van der Waals surface area (Å²) in [4.78, 5) is 8.61. The number of aromatic nitrogens is 2. The maximum absolute atomic E-state index is 14.6. The van der Waals surface area contributed by atoms with Gasteiger partial charge in [-0.05, 0) is 99.2 Å². The van der Waals surface area contributed by atoms with E-state index in [-0.39, 0.29) is 17.1 Å². The van der Waals surface area contributed by atoms with Crippen LogP contribution < -0.4 is 4.74 Å². The van der Waals surface area contributed by atoms with Crippen molar-refractivity contribution < 1.29 is 13.5 Å². The van der Waals surface area contributed by atoms with Crippen LogP contribution in [0.3, 0.4) is 0 Å². The second-order valence-corrected chi connectivity index (χ2v) is 11.9. The van der Waals surface area contributed by atoms with Crippen molar-refractivity contribution >= 4 is 0 Å². The van der Waals surface area contributed by atoms with Gasteiger partial charge >= 0.3 is 0 Å². The molecule has 0 saturated heterocycles. The molecule has 214 valence electrons. The van der Waals surface area contributed by atoms with Gasteiger partial charge in [-0.1, -0.05) is 64.5 Å². The van der Waals surface area contributed by atoms with E-state index in [1.165, 1.54) is 89.2 Å². The van der Waals surface area contributed by atoms with E-state index in [1.54, 1.807) is 12.4 Å². The van der Waals surface area contributed by atoms with Crippen LogP contribution >= 0.6 is 0 Å². The van der Waals surface area contributed by atoms with Gasteiger partial charge in [-0.2, -0.15) is 4.39 Å². The minimum atomic E-state index is -0.988. The molecule has 0 aliphatic heterocycles. The summed E-state index contributed by atoms with van der Waals surface area (Å²) in [5.74, 6) is 1.83. The first kappa shape index (κ1) is 29.7. The van der Waals surface area contributed by atoms with Gasteiger partial charge in [0.25, 0.3) is 0 Å². The first-order valence-corrected chi connectivity index (χ1v) is 15.7. The van der Waals surface area contributed by atoms with Crippen molar-refractivity contribution in [3.05, 3.63) is 53.9 Å². The van der Waals surface area contributed by atoms with Crippen molar-refractivity contribution in [1.82, 2.24) is 9.97 Å². The molecule has 2 aromatic rings. The minimum Gasteiger partial charge on any atom is -0.490 e. The molecule has 0 spiro atoms. The summed E-state index contributed by atoms with van der Waals surface area (Å²) < 4.78 is 34.1. The van der Waals surface area contributed by atoms with Crippen LogP contribution in [-0.2, 0) is 6.42 Å². The van der Waals surface area contributed by atoms with E-state index in [9.17, 15) is 8.78 Å². The maximum atomic E-state index is 14.6. The number of ether oxygens (including phenoxy) is 1. The molecule has 0 unspecified atom stereocenters. The Balaban J connectivity index is 1.16. The zero-order chi connectivity index (χ0) is 27.5. The molecule has 2 fully saturated rings. The standard InChI is InChI=1S/C34H48F2N2O/c1-3-5-6-9-25-12-16-28(17-13-25)29-18-14-26(15-19-29)10-7-8-11-27-23-37-34(38-24-27)30-20-21-31(39-22-4-2)33(36)32(30)35/h7,10,20-21,23-26,28-29H,3-6,8-9,11-19,22H2,1-2H3/b10-7+. The molecule has 1 heterocycles. The second-order valence-electron chi connectivity index (χ2n) is 11.9. The predicted octanol–water partition coefficient (Wildman–Crippen LogP) is 9.89. The van der Waals surface area contributed by atoms with Gasteiger partial charge in [0.05, 0.1) is 12.2 Å². The number of aryl methyl sites for hydroxylation is 1. The average molecular weight is 539 g/mol. The van der Waals surface area contributed by atoms with E-state index in [1.807, 2.05) is 6.92 Å². The number of halogens is 2. The van der Waals surface area contributed by atoms with Gasteiger partial charge in [0.2, 0.25) is 5.82 Å². The van der Waals surface area contributed by atoms with Crippen LogP contribution in [0.2, 0.25) is 0 Å². The highest BCUT2D eigenvalue weighted by molar-refractivity contribution is 5.57. The molecule has 0 N–H and O–H groups in total. The quantitative estimate of drug-likeness (QED) is 0.188.